The first-order valence-corrected chi connectivity index (χ1v) is 7.77. The van der Waals surface area contributed by atoms with Crippen LogP contribution in [0, 0.1) is 5.92 Å². The number of amides is 1. The second kappa shape index (κ2) is 6.16. The van der Waals surface area contributed by atoms with Gasteiger partial charge in [0.1, 0.15) is 6.73 Å². The van der Waals surface area contributed by atoms with Gasteiger partial charge in [-0.15, -0.1) is 0 Å². The number of benzene rings is 1. The van der Waals surface area contributed by atoms with Crippen molar-refractivity contribution in [1.82, 2.24) is 9.80 Å². The molecule has 0 saturated carbocycles. The van der Waals surface area contributed by atoms with Crippen LogP contribution in [0.3, 0.4) is 0 Å². The summed E-state index contributed by atoms with van der Waals surface area (Å²) in [5.74, 6) is 0.705. The summed E-state index contributed by atoms with van der Waals surface area (Å²) in [6.45, 7) is 2.64. The molecule has 4 nitrogen and oxygen atoms in total. The van der Waals surface area contributed by atoms with E-state index in [1.807, 2.05) is 23.1 Å². The lowest BCUT2D eigenvalue weighted by atomic mass is 9.81. The second-order valence-electron chi connectivity index (χ2n) is 6.26. The molecule has 2 aliphatic heterocycles. The van der Waals surface area contributed by atoms with Crippen molar-refractivity contribution in [3.8, 4) is 0 Å². The van der Waals surface area contributed by atoms with E-state index in [1.165, 1.54) is 5.56 Å². The molecule has 0 bridgehead atoms. The molecule has 0 N–H and O–H groups in total. The highest BCUT2D eigenvalue weighted by Gasteiger charge is 2.37. The molecule has 3 rings (SSSR count). The average Bonchev–Trinajstić information content (AvgIpc) is 2.51. The number of ether oxygens (including phenoxy) is 1. The summed E-state index contributed by atoms with van der Waals surface area (Å²) >= 11 is 0. The Hall–Kier alpha value is -1.39. The Morgan fingerprint density at radius 2 is 1.95 bits per heavy atom. The van der Waals surface area contributed by atoms with Crippen LogP contribution >= 0.6 is 0 Å². The normalized spacial score (nSPS) is 24.2. The molecule has 0 radical (unpaired) electrons. The predicted molar refractivity (Wildman–Crippen MR) is 82.2 cm³/mol. The van der Waals surface area contributed by atoms with Gasteiger partial charge in [-0.05, 0) is 56.9 Å². The quantitative estimate of drug-likeness (QED) is 0.853. The highest BCUT2D eigenvalue weighted by atomic mass is 16.5. The van der Waals surface area contributed by atoms with E-state index in [-0.39, 0.29) is 11.9 Å². The smallest absolute Gasteiger partial charge is 0.256 e. The first kappa shape index (κ1) is 14.5. The number of nitrogens with zero attached hydrogens (tertiary/aromatic N) is 2. The third-order valence-corrected chi connectivity index (χ3v) is 4.91. The largest absolute Gasteiger partial charge is 0.364 e. The molecule has 1 aromatic carbocycles. The standard InChI is InChI=1S/C17H24N2O2/c1-18-9-7-13(8-10-18)16-11-14-5-3-4-6-15(14)17(20)19(16)12-21-2/h3-6,13,16H,7-12H2,1-2H3. The second-order valence-corrected chi connectivity index (χ2v) is 6.26. The first-order chi connectivity index (χ1) is 10.2. The maximum atomic E-state index is 12.8. The fraction of sp³-hybridized carbons (Fsp3) is 0.588. The molecule has 1 amide bonds. The number of hydrogen-bond acceptors (Lipinski definition) is 3. The van der Waals surface area contributed by atoms with E-state index < -0.39 is 0 Å². The van der Waals surface area contributed by atoms with Gasteiger partial charge in [-0.1, -0.05) is 18.2 Å². The Morgan fingerprint density at radius 1 is 1.24 bits per heavy atom. The molecule has 1 unspecified atom stereocenters. The maximum absolute atomic E-state index is 12.8. The lowest BCUT2D eigenvalue weighted by molar-refractivity contribution is 0.00298. The van der Waals surface area contributed by atoms with Crippen molar-refractivity contribution in [2.75, 3.05) is 34.0 Å². The fourth-order valence-corrected chi connectivity index (χ4v) is 3.68. The molecule has 0 aliphatic carbocycles. The molecule has 114 valence electrons. The van der Waals surface area contributed by atoms with E-state index >= 15 is 0 Å². The van der Waals surface area contributed by atoms with E-state index in [0.717, 1.165) is 37.9 Å². The topological polar surface area (TPSA) is 32.8 Å². The minimum absolute atomic E-state index is 0.127. The number of carbonyl (C=O) groups excluding carboxylic acids is 1. The van der Waals surface area contributed by atoms with Crippen LogP contribution in [-0.4, -0.2) is 55.7 Å². The zero-order valence-electron chi connectivity index (χ0n) is 12.9. The highest BCUT2D eigenvalue weighted by Crippen LogP contribution is 2.32. The highest BCUT2D eigenvalue weighted by molar-refractivity contribution is 5.97. The van der Waals surface area contributed by atoms with Crippen LogP contribution in [-0.2, 0) is 11.2 Å². The van der Waals surface area contributed by atoms with Crippen molar-refractivity contribution >= 4 is 5.91 Å². The van der Waals surface area contributed by atoms with Crippen molar-refractivity contribution in [1.29, 1.82) is 0 Å². The van der Waals surface area contributed by atoms with E-state index in [4.69, 9.17) is 4.74 Å². The summed E-state index contributed by atoms with van der Waals surface area (Å²) in [5, 5.41) is 0. The van der Waals surface area contributed by atoms with Gasteiger partial charge in [0, 0.05) is 18.7 Å². The number of carbonyl (C=O) groups is 1. The number of fused-ring (bicyclic) bond motifs is 1. The van der Waals surface area contributed by atoms with Crippen LogP contribution in [0.5, 0.6) is 0 Å². The molecule has 2 heterocycles. The van der Waals surface area contributed by atoms with Crippen LogP contribution in [0.25, 0.3) is 0 Å². The third kappa shape index (κ3) is 2.83. The molecule has 0 aromatic heterocycles. The van der Waals surface area contributed by atoms with Crippen LogP contribution in [0.1, 0.15) is 28.8 Å². The van der Waals surface area contributed by atoms with Gasteiger partial charge in [-0.3, -0.25) is 4.79 Å². The van der Waals surface area contributed by atoms with Gasteiger partial charge in [0.2, 0.25) is 0 Å². The summed E-state index contributed by atoms with van der Waals surface area (Å²) in [7, 11) is 3.84. The molecular weight excluding hydrogens is 264 g/mol. The van der Waals surface area contributed by atoms with Gasteiger partial charge < -0.3 is 14.5 Å². The summed E-state index contributed by atoms with van der Waals surface area (Å²) in [6, 6.07) is 8.28. The Morgan fingerprint density at radius 3 is 2.67 bits per heavy atom. The van der Waals surface area contributed by atoms with Crippen molar-refractivity contribution < 1.29 is 9.53 Å². The van der Waals surface area contributed by atoms with Crippen molar-refractivity contribution in [3.05, 3.63) is 35.4 Å². The maximum Gasteiger partial charge on any atom is 0.256 e. The lowest BCUT2D eigenvalue weighted by Crippen LogP contribution is -2.52. The third-order valence-electron chi connectivity index (χ3n) is 4.91. The number of rotatable bonds is 3. The Labute approximate surface area is 126 Å². The molecular formula is C17H24N2O2. The zero-order chi connectivity index (χ0) is 14.8. The number of hydrogen-bond donors (Lipinski definition) is 0. The molecule has 1 fully saturated rings. The fourth-order valence-electron chi connectivity index (χ4n) is 3.68. The van der Waals surface area contributed by atoms with Crippen LogP contribution < -0.4 is 0 Å². The van der Waals surface area contributed by atoms with E-state index in [1.54, 1.807) is 7.11 Å². The molecule has 1 saturated heterocycles. The Bertz CT molecular complexity index is 509. The summed E-state index contributed by atoms with van der Waals surface area (Å²) in [4.78, 5) is 17.1. The van der Waals surface area contributed by atoms with Crippen LogP contribution in [0.2, 0.25) is 0 Å². The molecule has 1 aromatic rings. The molecule has 21 heavy (non-hydrogen) atoms. The van der Waals surface area contributed by atoms with Crippen LogP contribution in [0.4, 0.5) is 0 Å². The van der Waals surface area contributed by atoms with Gasteiger partial charge in [-0.2, -0.15) is 0 Å². The average molecular weight is 288 g/mol. The van der Waals surface area contributed by atoms with Crippen molar-refractivity contribution in [2.45, 2.75) is 25.3 Å². The van der Waals surface area contributed by atoms with Crippen molar-refractivity contribution in [2.24, 2.45) is 5.92 Å². The number of methoxy groups -OCH3 is 1. The number of piperidine rings is 1. The molecule has 1 atom stereocenters. The van der Waals surface area contributed by atoms with Gasteiger partial charge in [0.05, 0.1) is 0 Å². The van der Waals surface area contributed by atoms with Gasteiger partial charge in [0.25, 0.3) is 5.91 Å². The lowest BCUT2D eigenvalue weighted by Gasteiger charge is -2.43. The van der Waals surface area contributed by atoms with Gasteiger partial charge >= 0.3 is 0 Å². The monoisotopic (exact) mass is 288 g/mol. The first-order valence-electron chi connectivity index (χ1n) is 7.77. The Kier molecular flexibility index (Phi) is 4.27. The molecule has 2 aliphatic rings. The van der Waals surface area contributed by atoms with E-state index in [9.17, 15) is 4.79 Å². The zero-order valence-corrected chi connectivity index (χ0v) is 12.9. The Balaban J connectivity index is 1.86. The van der Waals surface area contributed by atoms with E-state index in [0.29, 0.717) is 12.6 Å². The summed E-state index contributed by atoms with van der Waals surface area (Å²) < 4.78 is 5.30. The predicted octanol–water partition coefficient (Wildman–Crippen LogP) is 2.00. The minimum atomic E-state index is 0.127. The van der Waals surface area contributed by atoms with E-state index in [2.05, 4.69) is 18.0 Å². The van der Waals surface area contributed by atoms with Gasteiger partial charge in [-0.25, -0.2) is 0 Å². The number of likely N-dealkylation sites (tertiary alicyclic amines) is 1. The summed E-state index contributed by atoms with van der Waals surface area (Å²) in [6.07, 6.45) is 3.29. The molecule has 0 spiro atoms. The van der Waals surface area contributed by atoms with Gasteiger partial charge in [0.15, 0.2) is 0 Å². The summed E-state index contributed by atoms with van der Waals surface area (Å²) in [5.41, 5.74) is 2.04. The molecule has 4 heteroatoms. The van der Waals surface area contributed by atoms with Crippen LogP contribution in [0.15, 0.2) is 24.3 Å². The SMILES string of the molecule is COCN1C(=O)c2ccccc2CC1C1CCN(C)CC1. The minimum Gasteiger partial charge on any atom is -0.364 e. The van der Waals surface area contributed by atoms with Crippen molar-refractivity contribution in [3.63, 3.8) is 0 Å².